The summed E-state index contributed by atoms with van der Waals surface area (Å²) >= 11 is 6.67. The van der Waals surface area contributed by atoms with Crippen molar-refractivity contribution in [3.63, 3.8) is 0 Å². The summed E-state index contributed by atoms with van der Waals surface area (Å²) in [5.74, 6) is 0.356. The molecule has 0 aliphatic heterocycles. The second kappa shape index (κ2) is 6.86. The molecule has 1 N–H and O–H groups in total. The van der Waals surface area contributed by atoms with Crippen LogP contribution in [0.4, 0.5) is 5.95 Å². The van der Waals surface area contributed by atoms with E-state index in [0.717, 1.165) is 4.47 Å². The highest BCUT2D eigenvalue weighted by Crippen LogP contribution is 2.23. The molecule has 0 atom stereocenters. The second-order valence-electron chi connectivity index (χ2n) is 3.85. The highest BCUT2D eigenvalue weighted by Gasteiger charge is 2.13. The van der Waals surface area contributed by atoms with Gasteiger partial charge in [0.2, 0.25) is 17.7 Å². The molecular weight excluding hydrogens is 406 g/mol. The van der Waals surface area contributed by atoms with Gasteiger partial charge in [0.1, 0.15) is 0 Å². The summed E-state index contributed by atoms with van der Waals surface area (Å²) < 4.78 is 11.6. The molecule has 1 aromatic carbocycles. The summed E-state index contributed by atoms with van der Waals surface area (Å²) in [6.07, 6.45) is 0. The van der Waals surface area contributed by atoms with Crippen molar-refractivity contribution >= 4 is 43.7 Å². The van der Waals surface area contributed by atoms with Crippen molar-refractivity contribution in [1.29, 1.82) is 0 Å². The highest BCUT2D eigenvalue weighted by molar-refractivity contribution is 9.11. The van der Waals surface area contributed by atoms with Crippen LogP contribution in [0.5, 0.6) is 11.8 Å². The third-order valence-corrected chi connectivity index (χ3v) is 3.65. The van der Waals surface area contributed by atoms with Gasteiger partial charge in [0.05, 0.1) is 25.8 Å². The number of amides is 1. The van der Waals surface area contributed by atoms with Crippen LogP contribution < -0.4 is 14.8 Å². The smallest absolute Gasteiger partial charge is 0.259 e. The third-order valence-electron chi connectivity index (χ3n) is 2.50. The molecule has 2 rings (SSSR count). The van der Waals surface area contributed by atoms with Crippen molar-refractivity contribution in [1.82, 2.24) is 9.97 Å². The fourth-order valence-corrected chi connectivity index (χ4v) is 2.74. The van der Waals surface area contributed by atoms with Gasteiger partial charge in [0, 0.05) is 8.95 Å². The number of anilines is 1. The zero-order valence-electron chi connectivity index (χ0n) is 11.2. The van der Waals surface area contributed by atoms with Crippen molar-refractivity contribution < 1.29 is 14.3 Å². The number of ether oxygens (including phenoxy) is 2. The van der Waals surface area contributed by atoms with Crippen molar-refractivity contribution in [3.8, 4) is 11.8 Å². The van der Waals surface area contributed by atoms with Crippen molar-refractivity contribution in [2.45, 2.75) is 0 Å². The van der Waals surface area contributed by atoms with Crippen LogP contribution in [0.3, 0.4) is 0 Å². The Balaban J connectivity index is 2.26. The van der Waals surface area contributed by atoms with Crippen LogP contribution in [0.25, 0.3) is 0 Å². The maximum absolute atomic E-state index is 12.2. The number of carbonyl (C=O) groups is 1. The number of methoxy groups -OCH3 is 2. The highest BCUT2D eigenvalue weighted by atomic mass is 79.9. The minimum atomic E-state index is -0.343. The molecule has 0 aliphatic carbocycles. The standard InChI is InChI=1S/C13H11Br2N3O3/c1-20-10-6-11(21-2)17-13(16-10)18-12(19)8-4-3-7(14)5-9(8)15/h3-6H,1-2H3,(H,16,17,18,19). The van der Waals surface area contributed by atoms with Crippen LogP contribution in [0.2, 0.25) is 0 Å². The zero-order valence-corrected chi connectivity index (χ0v) is 14.4. The first-order valence-electron chi connectivity index (χ1n) is 5.77. The summed E-state index contributed by atoms with van der Waals surface area (Å²) in [5.41, 5.74) is 0.462. The first-order chi connectivity index (χ1) is 10.0. The summed E-state index contributed by atoms with van der Waals surface area (Å²) in [4.78, 5) is 20.3. The van der Waals surface area contributed by atoms with Gasteiger partial charge < -0.3 is 9.47 Å². The van der Waals surface area contributed by atoms with Gasteiger partial charge in [-0.25, -0.2) is 0 Å². The summed E-state index contributed by atoms with van der Waals surface area (Å²) in [6.45, 7) is 0. The van der Waals surface area contributed by atoms with E-state index in [-0.39, 0.29) is 11.9 Å². The first-order valence-corrected chi connectivity index (χ1v) is 7.35. The normalized spacial score (nSPS) is 10.1. The Morgan fingerprint density at radius 2 is 1.71 bits per heavy atom. The molecule has 1 heterocycles. The number of benzene rings is 1. The van der Waals surface area contributed by atoms with E-state index in [1.165, 1.54) is 20.3 Å². The van der Waals surface area contributed by atoms with Gasteiger partial charge in [-0.1, -0.05) is 15.9 Å². The fraction of sp³-hybridized carbons (Fsp3) is 0.154. The molecular formula is C13H11Br2N3O3. The Morgan fingerprint density at radius 3 is 2.24 bits per heavy atom. The minimum absolute atomic E-state index is 0.103. The second-order valence-corrected chi connectivity index (χ2v) is 5.62. The quantitative estimate of drug-likeness (QED) is 0.827. The lowest BCUT2D eigenvalue weighted by Gasteiger charge is -2.08. The van der Waals surface area contributed by atoms with Crippen LogP contribution >= 0.6 is 31.9 Å². The van der Waals surface area contributed by atoms with E-state index in [4.69, 9.17) is 9.47 Å². The number of hydrogen-bond donors (Lipinski definition) is 1. The zero-order chi connectivity index (χ0) is 15.4. The number of rotatable bonds is 4. The van der Waals surface area contributed by atoms with E-state index in [1.54, 1.807) is 18.2 Å². The maximum atomic E-state index is 12.2. The van der Waals surface area contributed by atoms with E-state index in [9.17, 15) is 4.79 Å². The van der Waals surface area contributed by atoms with Gasteiger partial charge in [0.25, 0.3) is 5.91 Å². The molecule has 0 aliphatic rings. The predicted octanol–water partition coefficient (Wildman–Crippen LogP) is 3.27. The molecule has 0 saturated heterocycles. The molecule has 1 aromatic heterocycles. The molecule has 0 unspecified atom stereocenters. The Labute approximate surface area is 138 Å². The number of nitrogens with zero attached hydrogens (tertiary/aromatic N) is 2. The molecule has 0 saturated carbocycles. The first kappa shape index (κ1) is 15.7. The summed E-state index contributed by atoms with van der Waals surface area (Å²) in [6, 6.07) is 6.75. The molecule has 21 heavy (non-hydrogen) atoms. The molecule has 0 spiro atoms. The SMILES string of the molecule is COc1cc(OC)nc(NC(=O)c2ccc(Br)cc2Br)n1. The van der Waals surface area contributed by atoms with Crippen molar-refractivity contribution in [3.05, 3.63) is 38.8 Å². The van der Waals surface area contributed by atoms with Gasteiger partial charge in [-0.05, 0) is 34.1 Å². The number of hydrogen-bond acceptors (Lipinski definition) is 5. The minimum Gasteiger partial charge on any atom is -0.481 e. The Bertz CT molecular complexity index is 657. The van der Waals surface area contributed by atoms with Crippen LogP contribution in [0.1, 0.15) is 10.4 Å². The van der Waals surface area contributed by atoms with E-state index in [0.29, 0.717) is 21.8 Å². The third kappa shape index (κ3) is 3.92. The van der Waals surface area contributed by atoms with Gasteiger partial charge in [-0.3, -0.25) is 10.1 Å². The maximum Gasteiger partial charge on any atom is 0.259 e. The van der Waals surface area contributed by atoms with Crippen molar-refractivity contribution in [2.24, 2.45) is 0 Å². The Hall–Kier alpha value is -1.67. The largest absolute Gasteiger partial charge is 0.481 e. The lowest BCUT2D eigenvalue weighted by Crippen LogP contribution is -2.15. The molecule has 0 bridgehead atoms. The summed E-state index contributed by atoms with van der Waals surface area (Å²) in [7, 11) is 2.94. The van der Waals surface area contributed by atoms with Crippen LogP contribution in [0.15, 0.2) is 33.2 Å². The van der Waals surface area contributed by atoms with E-state index >= 15 is 0 Å². The van der Waals surface area contributed by atoms with E-state index < -0.39 is 0 Å². The van der Waals surface area contributed by atoms with Crippen LogP contribution in [-0.2, 0) is 0 Å². The Morgan fingerprint density at radius 1 is 1.10 bits per heavy atom. The molecule has 2 aromatic rings. The molecule has 0 radical (unpaired) electrons. The molecule has 0 fully saturated rings. The summed E-state index contributed by atoms with van der Waals surface area (Å²) in [5, 5.41) is 2.60. The number of nitrogens with one attached hydrogen (secondary N) is 1. The number of aromatic nitrogens is 2. The monoisotopic (exact) mass is 415 g/mol. The van der Waals surface area contributed by atoms with E-state index in [2.05, 4.69) is 47.1 Å². The molecule has 110 valence electrons. The molecule has 8 heteroatoms. The lowest BCUT2D eigenvalue weighted by molar-refractivity contribution is 0.102. The average molecular weight is 417 g/mol. The average Bonchev–Trinajstić information content (AvgIpc) is 2.46. The molecule has 6 nitrogen and oxygen atoms in total. The van der Waals surface area contributed by atoms with Gasteiger partial charge >= 0.3 is 0 Å². The lowest BCUT2D eigenvalue weighted by atomic mass is 10.2. The van der Waals surface area contributed by atoms with Gasteiger partial charge in [-0.2, -0.15) is 9.97 Å². The fourth-order valence-electron chi connectivity index (χ4n) is 1.51. The van der Waals surface area contributed by atoms with Crippen LogP contribution in [-0.4, -0.2) is 30.1 Å². The number of carbonyl (C=O) groups excluding carboxylic acids is 1. The topological polar surface area (TPSA) is 73.3 Å². The van der Waals surface area contributed by atoms with Gasteiger partial charge in [0.15, 0.2) is 0 Å². The number of halogens is 2. The van der Waals surface area contributed by atoms with Crippen LogP contribution in [0, 0.1) is 0 Å². The Kier molecular flexibility index (Phi) is 5.13. The predicted molar refractivity (Wildman–Crippen MR) is 84.9 cm³/mol. The van der Waals surface area contributed by atoms with Gasteiger partial charge in [-0.15, -0.1) is 0 Å². The molecule has 1 amide bonds. The van der Waals surface area contributed by atoms with E-state index in [1.807, 2.05) is 0 Å². The van der Waals surface area contributed by atoms with Crippen molar-refractivity contribution in [2.75, 3.05) is 19.5 Å².